The smallest absolute Gasteiger partial charge is 0.238 e. The van der Waals surface area contributed by atoms with E-state index >= 15 is 0 Å². The highest BCUT2D eigenvalue weighted by atomic mass is 16.5. The lowest BCUT2D eigenvalue weighted by molar-refractivity contribution is -0.115. The Kier molecular flexibility index (Phi) is 7.10. The average Bonchev–Trinajstić information content (AvgIpc) is 2.59. The van der Waals surface area contributed by atoms with Crippen LogP contribution in [0.3, 0.4) is 0 Å². The number of ether oxygens (including phenoxy) is 2. The Morgan fingerprint density at radius 1 is 1.04 bits per heavy atom. The number of carbonyl (C=O) groups excluding carboxylic acids is 1. The molecule has 23 heavy (non-hydrogen) atoms. The van der Waals surface area contributed by atoms with Crippen LogP contribution in [0.1, 0.15) is 5.56 Å². The van der Waals surface area contributed by atoms with Crippen LogP contribution in [-0.2, 0) is 16.1 Å². The van der Waals surface area contributed by atoms with E-state index in [1.165, 1.54) is 0 Å². The van der Waals surface area contributed by atoms with Crippen molar-refractivity contribution >= 4 is 11.6 Å². The van der Waals surface area contributed by atoms with Crippen LogP contribution in [0.2, 0.25) is 0 Å². The molecule has 2 aromatic carbocycles. The molecule has 0 aliphatic heterocycles. The Labute approximate surface area is 136 Å². The number of nitrogens with one attached hydrogen (secondary N) is 2. The number of methoxy groups -OCH3 is 1. The molecule has 0 heterocycles. The number of hydrogen-bond donors (Lipinski definition) is 2. The SMILES string of the molecule is COCCNCC(=O)Nc1ccccc1OCc1ccccc1. The highest BCUT2D eigenvalue weighted by Crippen LogP contribution is 2.24. The van der Waals surface area contributed by atoms with E-state index in [1.54, 1.807) is 7.11 Å². The molecular formula is C18H22N2O3. The van der Waals surface area contributed by atoms with E-state index in [4.69, 9.17) is 9.47 Å². The van der Waals surface area contributed by atoms with Gasteiger partial charge in [0.05, 0.1) is 18.8 Å². The first-order valence-electron chi connectivity index (χ1n) is 7.55. The molecule has 1 amide bonds. The van der Waals surface area contributed by atoms with Gasteiger partial charge in [0.2, 0.25) is 5.91 Å². The molecule has 0 fully saturated rings. The van der Waals surface area contributed by atoms with Gasteiger partial charge in [-0.1, -0.05) is 42.5 Å². The Morgan fingerprint density at radius 2 is 1.78 bits per heavy atom. The Bertz CT molecular complexity index is 602. The lowest BCUT2D eigenvalue weighted by Crippen LogP contribution is -2.30. The number of para-hydroxylation sites is 2. The number of anilines is 1. The van der Waals surface area contributed by atoms with Gasteiger partial charge in [0, 0.05) is 13.7 Å². The minimum absolute atomic E-state index is 0.114. The van der Waals surface area contributed by atoms with Crippen molar-refractivity contribution in [1.82, 2.24) is 5.32 Å². The van der Waals surface area contributed by atoms with E-state index in [0.29, 0.717) is 31.2 Å². The zero-order valence-electron chi connectivity index (χ0n) is 13.2. The fraction of sp³-hybridized carbons (Fsp3) is 0.278. The molecule has 0 aliphatic carbocycles. The third-order valence-corrected chi connectivity index (χ3v) is 3.17. The summed E-state index contributed by atoms with van der Waals surface area (Å²) in [6.45, 7) is 1.90. The minimum atomic E-state index is -0.114. The second-order valence-electron chi connectivity index (χ2n) is 4.99. The Balaban J connectivity index is 1.88. The van der Waals surface area contributed by atoms with Crippen molar-refractivity contribution in [2.45, 2.75) is 6.61 Å². The Morgan fingerprint density at radius 3 is 2.57 bits per heavy atom. The molecule has 2 N–H and O–H groups in total. The zero-order chi connectivity index (χ0) is 16.3. The fourth-order valence-corrected chi connectivity index (χ4v) is 2.00. The lowest BCUT2D eigenvalue weighted by atomic mass is 10.2. The van der Waals surface area contributed by atoms with Gasteiger partial charge in [-0.2, -0.15) is 0 Å². The molecular weight excluding hydrogens is 292 g/mol. The van der Waals surface area contributed by atoms with Crippen molar-refractivity contribution in [3.8, 4) is 5.75 Å². The van der Waals surface area contributed by atoms with Crippen LogP contribution in [0.15, 0.2) is 54.6 Å². The van der Waals surface area contributed by atoms with Gasteiger partial charge in [0.25, 0.3) is 0 Å². The molecule has 2 rings (SSSR count). The Hall–Kier alpha value is -2.37. The second kappa shape index (κ2) is 9.61. The molecule has 5 nitrogen and oxygen atoms in total. The van der Waals surface area contributed by atoms with E-state index in [1.807, 2.05) is 54.6 Å². The quantitative estimate of drug-likeness (QED) is 0.698. The van der Waals surface area contributed by atoms with Crippen LogP contribution in [-0.4, -0.2) is 32.7 Å². The van der Waals surface area contributed by atoms with Crippen LogP contribution in [0, 0.1) is 0 Å². The molecule has 0 spiro atoms. The van der Waals surface area contributed by atoms with Crippen LogP contribution in [0.25, 0.3) is 0 Å². The molecule has 0 radical (unpaired) electrons. The summed E-state index contributed by atoms with van der Waals surface area (Å²) in [6.07, 6.45) is 0. The molecule has 122 valence electrons. The van der Waals surface area contributed by atoms with Gasteiger partial charge >= 0.3 is 0 Å². The van der Waals surface area contributed by atoms with Crippen molar-refractivity contribution in [2.24, 2.45) is 0 Å². The summed E-state index contributed by atoms with van der Waals surface area (Å²) in [6, 6.07) is 17.3. The summed E-state index contributed by atoms with van der Waals surface area (Å²) < 4.78 is 10.7. The van der Waals surface area contributed by atoms with Crippen LogP contribution < -0.4 is 15.4 Å². The van der Waals surface area contributed by atoms with Crippen molar-refractivity contribution < 1.29 is 14.3 Å². The van der Waals surface area contributed by atoms with E-state index < -0.39 is 0 Å². The van der Waals surface area contributed by atoms with Gasteiger partial charge in [-0.15, -0.1) is 0 Å². The highest BCUT2D eigenvalue weighted by molar-refractivity contribution is 5.93. The summed E-state index contributed by atoms with van der Waals surface area (Å²) in [7, 11) is 1.63. The normalized spacial score (nSPS) is 10.3. The van der Waals surface area contributed by atoms with Gasteiger partial charge in [-0.05, 0) is 17.7 Å². The molecule has 0 saturated heterocycles. The topological polar surface area (TPSA) is 59.6 Å². The first-order valence-corrected chi connectivity index (χ1v) is 7.55. The van der Waals surface area contributed by atoms with E-state index in [-0.39, 0.29) is 12.5 Å². The van der Waals surface area contributed by atoms with E-state index in [0.717, 1.165) is 5.56 Å². The maximum absolute atomic E-state index is 11.9. The highest BCUT2D eigenvalue weighted by Gasteiger charge is 2.07. The number of carbonyl (C=O) groups is 1. The predicted octanol–water partition coefficient (Wildman–Crippen LogP) is 2.44. The number of benzene rings is 2. The third kappa shape index (κ3) is 6.10. The predicted molar refractivity (Wildman–Crippen MR) is 90.6 cm³/mol. The fourth-order valence-electron chi connectivity index (χ4n) is 2.00. The largest absolute Gasteiger partial charge is 0.487 e. The standard InChI is InChI=1S/C18H22N2O3/c1-22-12-11-19-13-18(21)20-16-9-5-6-10-17(16)23-14-15-7-3-2-4-8-15/h2-10,19H,11-14H2,1H3,(H,20,21). The third-order valence-electron chi connectivity index (χ3n) is 3.17. The summed E-state index contributed by atoms with van der Waals surface area (Å²) in [4.78, 5) is 11.9. The molecule has 2 aromatic rings. The van der Waals surface area contributed by atoms with E-state index in [9.17, 15) is 4.79 Å². The average molecular weight is 314 g/mol. The van der Waals surface area contributed by atoms with Gasteiger partial charge in [0.15, 0.2) is 0 Å². The summed E-state index contributed by atoms with van der Waals surface area (Å²) >= 11 is 0. The maximum Gasteiger partial charge on any atom is 0.238 e. The number of hydrogen-bond acceptors (Lipinski definition) is 4. The van der Waals surface area contributed by atoms with Crippen LogP contribution in [0.5, 0.6) is 5.75 Å². The van der Waals surface area contributed by atoms with Crippen molar-refractivity contribution in [3.05, 3.63) is 60.2 Å². The van der Waals surface area contributed by atoms with Crippen molar-refractivity contribution in [1.29, 1.82) is 0 Å². The van der Waals surface area contributed by atoms with Crippen LogP contribution >= 0.6 is 0 Å². The molecule has 5 heteroatoms. The lowest BCUT2D eigenvalue weighted by Gasteiger charge is -2.13. The number of rotatable bonds is 9. The molecule has 0 saturated carbocycles. The van der Waals surface area contributed by atoms with Gasteiger partial charge < -0.3 is 20.1 Å². The molecule has 0 unspecified atom stereocenters. The van der Waals surface area contributed by atoms with Crippen molar-refractivity contribution in [3.63, 3.8) is 0 Å². The molecule has 0 aliphatic rings. The van der Waals surface area contributed by atoms with Crippen LogP contribution in [0.4, 0.5) is 5.69 Å². The van der Waals surface area contributed by atoms with Crippen molar-refractivity contribution in [2.75, 3.05) is 32.1 Å². The van der Waals surface area contributed by atoms with Gasteiger partial charge in [0.1, 0.15) is 12.4 Å². The molecule has 0 atom stereocenters. The first kappa shape index (κ1) is 17.0. The summed E-state index contributed by atoms with van der Waals surface area (Å²) in [5, 5.41) is 5.86. The number of amides is 1. The molecule has 0 aromatic heterocycles. The minimum Gasteiger partial charge on any atom is -0.487 e. The van der Waals surface area contributed by atoms with Gasteiger partial charge in [-0.25, -0.2) is 0 Å². The summed E-state index contributed by atoms with van der Waals surface area (Å²) in [5.41, 5.74) is 1.75. The first-order chi connectivity index (χ1) is 11.3. The van der Waals surface area contributed by atoms with Gasteiger partial charge in [-0.3, -0.25) is 4.79 Å². The molecule has 0 bridgehead atoms. The van der Waals surface area contributed by atoms with E-state index in [2.05, 4.69) is 10.6 Å². The summed E-state index contributed by atoms with van der Waals surface area (Å²) in [5.74, 6) is 0.540. The monoisotopic (exact) mass is 314 g/mol. The zero-order valence-corrected chi connectivity index (χ0v) is 13.2. The second-order valence-corrected chi connectivity index (χ2v) is 4.99. The maximum atomic E-state index is 11.9.